The molecule has 0 amide bonds. The third-order valence-electron chi connectivity index (χ3n) is 5.03. The largest absolute Gasteiger partial charge is 0.377 e. The monoisotopic (exact) mass is 456 g/mol. The van der Waals surface area contributed by atoms with Crippen molar-refractivity contribution in [3.05, 3.63) is 107 Å². The van der Waals surface area contributed by atoms with E-state index in [1.165, 1.54) is 24.3 Å². The third kappa shape index (κ3) is 5.43. The molecule has 32 heavy (non-hydrogen) atoms. The highest BCUT2D eigenvalue weighted by molar-refractivity contribution is 7.86. The second-order valence-electron chi connectivity index (χ2n) is 8.67. The van der Waals surface area contributed by atoms with Crippen LogP contribution in [0.3, 0.4) is 0 Å². The number of allylic oxidation sites excluding steroid dienone is 1. The first-order valence-corrected chi connectivity index (χ1v) is 11.6. The fourth-order valence-corrected chi connectivity index (χ4v) is 4.02. The summed E-state index contributed by atoms with van der Waals surface area (Å²) in [5.74, 6) is -4.64. The van der Waals surface area contributed by atoms with Crippen molar-refractivity contribution in [3.63, 3.8) is 0 Å². The lowest BCUT2D eigenvalue weighted by Crippen LogP contribution is -2.22. The van der Waals surface area contributed by atoms with Crippen LogP contribution in [-0.2, 0) is 25.6 Å². The molecule has 0 radical (unpaired) electrons. The van der Waals surface area contributed by atoms with Crippen molar-refractivity contribution in [2.75, 3.05) is 0 Å². The van der Waals surface area contributed by atoms with Crippen molar-refractivity contribution in [3.8, 4) is 0 Å². The maximum absolute atomic E-state index is 15.6. The number of benzene rings is 3. The first-order chi connectivity index (χ1) is 14.9. The summed E-state index contributed by atoms with van der Waals surface area (Å²) in [6.07, 6.45) is 1.06. The molecule has 0 aliphatic heterocycles. The number of hydrogen-bond donors (Lipinski definition) is 0. The van der Waals surface area contributed by atoms with Gasteiger partial charge in [0.05, 0.1) is 0 Å². The zero-order valence-electron chi connectivity index (χ0n) is 18.5. The molecule has 0 fully saturated rings. The van der Waals surface area contributed by atoms with Crippen LogP contribution in [0.4, 0.5) is 8.78 Å². The van der Waals surface area contributed by atoms with Crippen LogP contribution in [0.5, 0.6) is 0 Å². The Morgan fingerprint density at radius 1 is 0.812 bits per heavy atom. The maximum Gasteiger partial charge on any atom is 0.339 e. The maximum atomic E-state index is 15.6. The normalized spacial score (nSPS) is 13.1. The van der Waals surface area contributed by atoms with Crippen LogP contribution in [0.1, 0.15) is 43.0 Å². The van der Waals surface area contributed by atoms with Gasteiger partial charge in [-0.05, 0) is 41.7 Å². The van der Waals surface area contributed by atoms with Gasteiger partial charge in [0.1, 0.15) is 4.90 Å². The molecule has 0 saturated carbocycles. The molecule has 0 spiro atoms. The van der Waals surface area contributed by atoms with Gasteiger partial charge in [0.2, 0.25) is 0 Å². The van der Waals surface area contributed by atoms with Crippen molar-refractivity contribution in [1.82, 2.24) is 0 Å². The Bertz CT molecular complexity index is 1190. The van der Waals surface area contributed by atoms with Crippen molar-refractivity contribution < 1.29 is 21.4 Å². The second-order valence-corrected chi connectivity index (χ2v) is 10.2. The molecule has 0 unspecified atom stereocenters. The number of alkyl halides is 2. The van der Waals surface area contributed by atoms with Crippen molar-refractivity contribution in [2.45, 2.75) is 43.9 Å². The van der Waals surface area contributed by atoms with Gasteiger partial charge in [-0.3, -0.25) is 0 Å². The van der Waals surface area contributed by atoms with Gasteiger partial charge < -0.3 is 4.18 Å². The summed E-state index contributed by atoms with van der Waals surface area (Å²) in [6, 6.07) is 20.0. The lowest BCUT2D eigenvalue weighted by atomic mass is 9.86. The topological polar surface area (TPSA) is 43.4 Å². The van der Waals surface area contributed by atoms with E-state index < -0.39 is 21.8 Å². The van der Waals surface area contributed by atoms with Gasteiger partial charge in [0.25, 0.3) is 0 Å². The molecule has 3 nitrogen and oxygen atoms in total. The van der Waals surface area contributed by atoms with Crippen LogP contribution < -0.4 is 0 Å². The molecular formula is C26H26F2O3S. The Morgan fingerprint density at radius 3 is 1.88 bits per heavy atom. The number of aryl methyl sites for hydroxylation is 1. The standard InChI is InChI=1S/C26H26F2O3S/c1-19-10-16-23(17-11-19)32(29,30)31-24(18-20-8-6-5-7-9-20)26(27,28)22-14-12-21(13-15-22)25(2,3)4/h5-18H,1-4H3/b24-18-. The molecule has 6 heteroatoms. The Morgan fingerprint density at radius 2 is 1.34 bits per heavy atom. The Balaban J connectivity index is 2.06. The van der Waals surface area contributed by atoms with E-state index in [0.29, 0.717) is 5.56 Å². The van der Waals surface area contributed by atoms with Gasteiger partial charge in [0.15, 0.2) is 5.76 Å². The van der Waals surface area contributed by atoms with E-state index >= 15 is 8.78 Å². The summed E-state index contributed by atoms with van der Waals surface area (Å²) in [7, 11) is -4.47. The molecule has 0 aliphatic rings. The molecule has 0 saturated heterocycles. The highest BCUT2D eigenvalue weighted by Crippen LogP contribution is 2.40. The van der Waals surface area contributed by atoms with Crippen LogP contribution in [0, 0.1) is 6.92 Å². The average Bonchev–Trinajstić information content (AvgIpc) is 2.73. The van der Waals surface area contributed by atoms with Gasteiger partial charge in [-0.15, -0.1) is 0 Å². The van der Waals surface area contributed by atoms with Gasteiger partial charge >= 0.3 is 16.0 Å². The zero-order chi connectivity index (χ0) is 23.6. The third-order valence-corrected chi connectivity index (χ3v) is 6.28. The summed E-state index contributed by atoms with van der Waals surface area (Å²) in [4.78, 5) is -0.194. The fraction of sp³-hybridized carbons (Fsp3) is 0.231. The Hall–Kier alpha value is -2.99. The van der Waals surface area contributed by atoms with Gasteiger partial charge in [-0.1, -0.05) is 93.1 Å². The predicted octanol–water partition coefficient (Wildman–Crippen LogP) is 6.83. The fourth-order valence-electron chi connectivity index (χ4n) is 3.06. The molecule has 168 valence electrons. The molecule has 0 atom stereocenters. The molecule has 0 N–H and O–H groups in total. The van der Waals surface area contributed by atoms with E-state index in [0.717, 1.165) is 17.2 Å². The number of rotatable bonds is 6. The van der Waals surface area contributed by atoms with Gasteiger partial charge in [0, 0.05) is 5.56 Å². The molecule has 3 rings (SSSR count). The second kappa shape index (κ2) is 8.87. The average molecular weight is 457 g/mol. The van der Waals surface area contributed by atoms with Crippen molar-refractivity contribution in [2.24, 2.45) is 0 Å². The summed E-state index contributed by atoms with van der Waals surface area (Å²) >= 11 is 0. The minimum absolute atomic E-state index is 0.194. The molecule has 0 aliphatic carbocycles. The number of hydrogen-bond acceptors (Lipinski definition) is 3. The minimum atomic E-state index is -4.47. The highest BCUT2D eigenvalue weighted by Gasteiger charge is 2.41. The first-order valence-electron chi connectivity index (χ1n) is 10.2. The Kier molecular flexibility index (Phi) is 6.56. The summed E-state index contributed by atoms with van der Waals surface area (Å²) < 4.78 is 61.9. The number of halogens is 2. The smallest absolute Gasteiger partial charge is 0.339 e. The van der Waals surface area contributed by atoms with Crippen LogP contribution in [0.2, 0.25) is 0 Å². The highest BCUT2D eigenvalue weighted by atomic mass is 32.2. The molecule has 3 aromatic rings. The molecular weight excluding hydrogens is 430 g/mol. The summed E-state index contributed by atoms with van der Waals surface area (Å²) in [5, 5.41) is 0. The molecule has 0 heterocycles. The van der Waals surface area contributed by atoms with Crippen LogP contribution in [-0.4, -0.2) is 8.42 Å². The van der Waals surface area contributed by atoms with Gasteiger partial charge in [-0.25, -0.2) is 0 Å². The lowest BCUT2D eigenvalue weighted by Gasteiger charge is -2.23. The molecule has 3 aromatic carbocycles. The zero-order valence-corrected chi connectivity index (χ0v) is 19.3. The van der Waals surface area contributed by atoms with E-state index in [-0.39, 0.29) is 15.9 Å². The van der Waals surface area contributed by atoms with Crippen molar-refractivity contribution in [1.29, 1.82) is 0 Å². The SMILES string of the molecule is Cc1ccc(S(=O)(=O)O/C(=C\c2ccccc2)C(F)(F)c2ccc(C(C)(C)C)cc2)cc1. The lowest BCUT2D eigenvalue weighted by molar-refractivity contribution is 0.00379. The van der Waals surface area contributed by atoms with E-state index in [4.69, 9.17) is 4.18 Å². The van der Waals surface area contributed by atoms with Crippen LogP contribution in [0.15, 0.2) is 89.5 Å². The van der Waals surface area contributed by atoms with Gasteiger partial charge in [-0.2, -0.15) is 17.2 Å². The van der Waals surface area contributed by atoms with Crippen LogP contribution in [0.25, 0.3) is 6.08 Å². The summed E-state index contributed by atoms with van der Waals surface area (Å²) in [5.41, 5.74) is 1.56. The van der Waals surface area contributed by atoms with E-state index in [2.05, 4.69) is 0 Å². The van der Waals surface area contributed by atoms with E-state index in [9.17, 15) is 8.42 Å². The predicted molar refractivity (Wildman–Crippen MR) is 123 cm³/mol. The van der Waals surface area contributed by atoms with Crippen molar-refractivity contribution >= 4 is 16.2 Å². The van der Waals surface area contributed by atoms with Crippen LogP contribution >= 0.6 is 0 Å². The van der Waals surface area contributed by atoms with E-state index in [1.54, 1.807) is 61.5 Å². The quantitative estimate of drug-likeness (QED) is 0.302. The Labute approximate surface area is 188 Å². The first kappa shape index (κ1) is 23.7. The molecule has 0 bridgehead atoms. The summed E-state index contributed by atoms with van der Waals surface area (Å²) in [6.45, 7) is 7.75. The molecule has 0 aromatic heterocycles. The minimum Gasteiger partial charge on any atom is -0.377 e. The van der Waals surface area contributed by atoms with E-state index in [1.807, 2.05) is 20.8 Å².